The first kappa shape index (κ1) is 16.1. The van der Waals surface area contributed by atoms with Crippen molar-refractivity contribution in [1.29, 1.82) is 0 Å². The van der Waals surface area contributed by atoms with E-state index >= 15 is 0 Å². The van der Waals surface area contributed by atoms with E-state index in [4.69, 9.17) is 5.73 Å². The van der Waals surface area contributed by atoms with Crippen molar-refractivity contribution in [2.75, 3.05) is 24.5 Å². The number of hydrogen-bond donors (Lipinski definition) is 3. The number of carbonyl (C=O) groups excluding carboxylic acids is 2. The number of nitrogens with zero attached hydrogens (tertiary/aromatic N) is 2. The summed E-state index contributed by atoms with van der Waals surface area (Å²) in [6.07, 6.45) is 4.10. The molecule has 0 atom stereocenters. The molecule has 2 saturated heterocycles. The van der Waals surface area contributed by atoms with Gasteiger partial charge >= 0.3 is 0 Å². The highest BCUT2D eigenvalue weighted by atomic mass is 16.2. The predicted octanol–water partition coefficient (Wildman–Crippen LogP) is 1.92. The zero-order valence-electron chi connectivity index (χ0n) is 14.9. The van der Waals surface area contributed by atoms with Crippen molar-refractivity contribution < 1.29 is 9.59 Å². The number of primary amides is 1. The van der Waals surface area contributed by atoms with Crippen molar-refractivity contribution >= 4 is 39.4 Å². The van der Waals surface area contributed by atoms with Crippen LogP contribution in [-0.4, -0.2) is 41.4 Å². The maximum Gasteiger partial charge on any atom is 0.252 e. The third-order valence-electron chi connectivity index (χ3n) is 6.10. The fourth-order valence-electron chi connectivity index (χ4n) is 4.56. The lowest BCUT2D eigenvalue weighted by Gasteiger charge is -2.39. The number of aromatic amines is 1. The van der Waals surface area contributed by atoms with E-state index < -0.39 is 5.91 Å². The van der Waals surface area contributed by atoms with E-state index in [2.05, 4.69) is 20.2 Å². The number of rotatable bonds is 2. The zero-order valence-corrected chi connectivity index (χ0v) is 14.9. The van der Waals surface area contributed by atoms with Gasteiger partial charge in [0.25, 0.3) is 5.91 Å². The number of anilines is 1. The highest BCUT2D eigenvalue weighted by Gasteiger charge is 2.41. The zero-order chi connectivity index (χ0) is 18.6. The third-order valence-corrected chi connectivity index (χ3v) is 6.10. The molecule has 7 nitrogen and oxygen atoms in total. The Morgan fingerprint density at radius 2 is 2.00 bits per heavy atom. The average molecular weight is 363 g/mol. The molecule has 2 amide bonds. The van der Waals surface area contributed by atoms with Crippen LogP contribution >= 0.6 is 0 Å². The fourth-order valence-corrected chi connectivity index (χ4v) is 4.56. The number of pyridine rings is 1. The second-order valence-corrected chi connectivity index (χ2v) is 7.72. The summed E-state index contributed by atoms with van der Waals surface area (Å²) in [6.45, 7) is 2.45. The molecule has 27 heavy (non-hydrogen) atoms. The Kier molecular flexibility index (Phi) is 3.40. The minimum atomic E-state index is -0.487. The lowest BCUT2D eigenvalue weighted by molar-refractivity contribution is -0.119. The summed E-state index contributed by atoms with van der Waals surface area (Å²) < 4.78 is 0. The lowest BCUT2D eigenvalue weighted by atomic mass is 9.77. The number of benzene rings is 1. The maximum absolute atomic E-state index is 11.9. The van der Waals surface area contributed by atoms with Crippen LogP contribution in [0.25, 0.3) is 21.8 Å². The fraction of sp³-hybridized carbons (Fsp3) is 0.350. The molecule has 3 aromatic rings. The Hall–Kier alpha value is -3.09. The van der Waals surface area contributed by atoms with Crippen molar-refractivity contribution in [2.24, 2.45) is 11.1 Å². The van der Waals surface area contributed by atoms with Crippen molar-refractivity contribution in [3.8, 4) is 0 Å². The van der Waals surface area contributed by atoms with Gasteiger partial charge in [-0.2, -0.15) is 0 Å². The first-order chi connectivity index (χ1) is 13.1. The van der Waals surface area contributed by atoms with Crippen LogP contribution in [0, 0.1) is 5.41 Å². The number of amides is 2. The number of fused-ring (bicyclic) bond motifs is 3. The first-order valence-corrected chi connectivity index (χ1v) is 9.27. The van der Waals surface area contributed by atoms with Crippen molar-refractivity contribution in [2.45, 2.75) is 19.3 Å². The van der Waals surface area contributed by atoms with Crippen LogP contribution in [0.4, 0.5) is 5.82 Å². The summed E-state index contributed by atoms with van der Waals surface area (Å²) in [5, 5.41) is 4.96. The van der Waals surface area contributed by atoms with E-state index in [1.165, 1.54) is 0 Å². The molecular weight excluding hydrogens is 342 g/mol. The highest BCUT2D eigenvalue weighted by Crippen LogP contribution is 2.41. The molecule has 0 bridgehead atoms. The number of para-hydroxylation sites is 1. The molecule has 2 aromatic heterocycles. The molecule has 4 N–H and O–H groups in total. The van der Waals surface area contributed by atoms with Gasteiger partial charge in [0, 0.05) is 43.2 Å². The van der Waals surface area contributed by atoms with Crippen LogP contribution in [0.15, 0.2) is 30.5 Å². The minimum Gasteiger partial charge on any atom is -0.365 e. The van der Waals surface area contributed by atoms with Crippen LogP contribution in [0.3, 0.4) is 0 Å². The average Bonchev–Trinajstić information content (AvgIpc) is 3.22. The summed E-state index contributed by atoms with van der Waals surface area (Å²) in [5.74, 6) is 0.546. The van der Waals surface area contributed by atoms with E-state index in [9.17, 15) is 9.59 Å². The van der Waals surface area contributed by atoms with E-state index in [1.807, 2.05) is 24.3 Å². The van der Waals surface area contributed by atoms with Gasteiger partial charge < -0.3 is 20.9 Å². The number of carbonyl (C=O) groups is 2. The molecule has 5 rings (SSSR count). The van der Waals surface area contributed by atoms with Gasteiger partial charge in [0.05, 0.1) is 16.5 Å². The first-order valence-electron chi connectivity index (χ1n) is 9.27. The van der Waals surface area contributed by atoms with E-state index in [1.54, 1.807) is 6.20 Å². The molecule has 4 heterocycles. The van der Waals surface area contributed by atoms with Gasteiger partial charge in [-0.15, -0.1) is 0 Å². The molecule has 2 aliphatic heterocycles. The lowest BCUT2D eigenvalue weighted by Crippen LogP contribution is -2.41. The molecule has 1 aromatic carbocycles. The molecule has 7 heteroatoms. The number of aromatic nitrogens is 2. The Morgan fingerprint density at radius 1 is 1.22 bits per heavy atom. The molecule has 2 fully saturated rings. The van der Waals surface area contributed by atoms with E-state index in [-0.39, 0.29) is 11.3 Å². The van der Waals surface area contributed by atoms with Crippen LogP contribution in [0.5, 0.6) is 0 Å². The van der Waals surface area contributed by atoms with Gasteiger partial charge in [-0.25, -0.2) is 4.98 Å². The Labute approximate surface area is 155 Å². The number of nitrogens with one attached hydrogen (secondary N) is 2. The Balaban J connectivity index is 1.59. The third kappa shape index (κ3) is 2.45. The topological polar surface area (TPSA) is 104 Å². The van der Waals surface area contributed by atoms with E-state index in [0.29, 0.717) is 12.0 Å². The predicted molar refractivity (Wildman–Crippen MR) is 104 cm³/mol. The van der Waals surface area contributed by atoms with Crippen molar-refractivity contribution in [1.82, 2.24) is 15.3 Å². The second kappa shape index (κ2) is 5.70. The SMILES string of the molecule is NC(=O)c1cnc(N2CCC3(CC2)CNC(=O)C3)c2c1[nH]c1ccccc12. The highest BCUT2D eigenvalue weighted by molar-refractivity contribution is 6.18. The standard InChI is InChI=1S/C20H21N5O2/c21-18(27)13-10-22-19(16-12-3-1-2-4-14(12)24-17(13)16)25-7-5-20(6-8-25)9-15(26)23-11-20/h1-4,10,24H,5-9,11H2,(H2,21,27)(H,23,26). The van der Waals surface area contributed by atoms with Gasteiger partial charge in [0.2, 0.25) is 5.91 Å². The normalized spacial score (nSPS) is 19.1. The second-order valence-electron chi connectivity index (χ2n) is 7.72. The quantitative estimate of drug-likeness (QED) is 0.647. The number of nitrogens with two attached hydrogens (primary N) is 1. The molecule has 2 aliphatic rings. The maximum atomic E-state index is 11.9. The summed E-state index contributed by atoms with van der Waals surface area (Å²) >= 11 is 0. The van der Waals surface area contributed by atoms with Crippen molar-refractivity contribution in [3.05, 3.63) is 36.0 Å². The summed E-state index contributed by atoms with van der Waals surface area (Å²) in [6, 6.07) is 7.97. The van der Waals surface area contributed by atoms with Gasteiger partial charge in [-0.1, -0.05) is 18.2 Å². The molecule has 0 saturated carbocycles. The Bertz CT molecular complexity index is 1080. The van der Waals surface area contributed by atoms with Crippen LogP contribution in [0.2, 0.25) is 0 Å². The van der Waals surface area contributed by atoms with Gasteiger partial charge in [0.15, 0.2) is 0 Å². The molecule has 0 unspecified atom stereocenters. The summed E-state index contributed by atoms with van der Waals surface area (Å²) in [4.78, 5) is 33.8. The Morgan fingerprint density at radius 3 is 2.70 bits per heavy atom. The van der Waals surface area contributed by atoms with Gasteiger partial charge in [0.1, 0.15) is 5.82 Å². The van der Waals surface area contributed by atoms with Gasteiger partial charge in [-0.05, 0) is 24.3 Å². The monoisotopic (exact) mass is 363 g/mol. The van der Waals surface area contributed by atoms with Crippen LogP contribution < -0.4 is 16.0 Å². The van der Waals surface area contributed by atoms with E-state index in [0.717, 1.165) is 60.1 Å². The molecular formula is C20H21N5O2. The largest absolute Gasteiger partial charge is 0.365 e. The molecule has 0 aliphatic carbocycles. The smallest absolute Gasteiger partial charge is 0.252 e. The van der Waals surface area contributed by atoms with Crippen molar-refractivity contribution in [3.63, 3.8) is 0 Å². The van der Waals surface area contributed by atoms with Gasteiger partial charge in [-0.3, -0.25) is 9.59 Å². The summed E-state index contributed by atoms with van der Waals surface area (Å²) in [7, 11) is 0. The minimum absolute atomic E-state index is 0.0834. The molecule has 1 spiro atoms. The van der Waals surface area contributed by atoms with Crippen LogP contribution in [-0.2, 0) is 4.79 Å². The number of piperidine rings is 1. The number of H-pyrrole nitrogens is 1. The summed E-state index contributed by atoms with van der Waals surface area (Å²) in [5.41, 5.74) is 7.76. The molecule has 0 radical (unpaired) electrons. The molecule has 138 valence electrons. The number of hydrogen-bond acceptors (Lipinski definition) is 4. The van der Waals surface area contributed by atoms with Crippen LogP contribution in [0.1, 0.15) is 29.6 Å².